The predicted octanol–water partition coefficient (Wildman–Crippen LogP) is 3.56. The molecule has 6 heteroatoms. The van der Waals surface area contributed by atoms with Crippen LogP contribution in [0.1, 0.15) is 35.2 Å². The molecule has 0 unspecified atom stereocenters. The van der Waals surface area contributed by atoms with Crippen molar-refractivity contribution in [1.82, 2.24) is 0 Å². The van der Waals surface area contributed by atoms with E-state index in [2.05, 4.69) is 0 Å². The molecule has 3 rings (SSSR count). The zero-order valence-electron chi connectivity index (χ0n) is 15.2. The summed E-state index contributed by atoms with van der Waals surface area (Å²) >= 11 is 0. The van der Waals surface area contributed by atoms with Crippen molar-refractivity contribution in [3.05, 3.63) is 53.6 Å². The van der Waals surface area contributed by atoms with Gasteiger partial charge in [-0.2, -0.15) is 0 Å². The molecule has 1 aliphatic heterocycles. The largest absolute Gasteiger partial charge is 0.497 e. The quantitative estimate of drug-likeness (QED) is 0.548. The summed E-state index contributed by atoms with van der Waals surface area (Å²) in [5, 5.41) is 0. The van der Waals surface area contributed by atoms with Crippen LogP contribution in [0.3, 0.4) is 0 Å². The summed E-state index contributed by atoms with van der Waals surface area (Å²) in [5.41, 5.74) is 1.33. The molecule has 0 bridgehead atoms. The highest BCUT2D eigenvalue weighted by atomic mass is 16.5. The maximum atomic E-state index is 12.4. The van der Waals surface area contributed by atoms with Gasteiger partial charge in [-0.25, -0.2) is 0 Å². The number of Topliss-reactive ketones (excluding diaryl/α,β-unsaturated/α-hetero) is 1. The average molecular weight is 370 g/mol. The Bertz CT molecular complexity index is 814. The van der Waals surface area contributed by atoms with Gasteiger partial charge >= 0.3 is 5.97 Å². The smallest absolute Gasteiger partial charge is 0.306 e. The third kappa shape index (κ3) is 5.23. The number of carbonyl (C=O) groups excluding carboxylic acids is 2. The minimum atomic E-state index is -0.416. The van der Waals surface area contributed by atoms with Crippen LogP contribution in [-0.2, 0) is 16.1 Å². The first-order valence-corrected chi connectivity index (χ1v) is 8.87. The van der Waals surface area contributed by atoms with Gasteiger partial charge in [0, 0.05) is 18.4 Å². The van der Waals surface area contributed by atoms with Crippen molar-refractivity contribution >= 4 is 11.8 Å². The molecule has 0 fully saturated rings. The number of hydrogen-bond acceptors (Lipinski definition) is 6. The Kier molecular flexibility index (Phi) is 6.30. The van der Waals surface area contributed by atoms with Gasteiger partial charge in [0.2, 0.25) is 0 Å². The molecule has 0 N–H and O–H groups in total. The van der Waals surface area contributed by atoms with E-state index in [-0.39, 0.29) is 25.2 Å². The van der Waals surface area contributed by atoms with Crippen molar-refractivity contribution in [1.29, 1.82) is 0 Å². The number of ether oxygens (including phenoxy) is 4. The van der Waals surface area contributed by atoms with Crippen molar-refractivity contribution in [2.24, 2.45) is 0 Å². The molecule has 0 radical (unpaired) electrons. The lowest BCUT2D eigenvalue weighted by molar-refractivity contribution is -0.144. The molecular weight excluding hydrogens is 348 g/mol. The van der Waals surface area contributed by atoms with Crippen LogP contribution in [0, 0.1) is 0 Å². The fraction of sp³-hybridized carbons (Fsp3) is 0.333. The van der Waals surface area contributed by atoms with Crippen LogP contribution >= 0.6 is 0 Å². The molecule has 2 aromatic rings. The van der Waals surface area contributed by atoms with Gasteiger partial charge in [0.15, 0.2) is 17.3 Å². The second kappa shape index (κ2) is 9.07. The Hall–Kier alpha value is -3.02. The van der Waals surface area contributed by atoms with E-state index in [1.54, 1.807) is 31.4 Å². The van der Waals surface area contributed by atoms with Crippen molar-refractivity contribution < 1.29 is 28.5 Å². The summed E-state index contributed by atoms with van der Waals surface area (Å²) in [7, 11) is 1.58. The highest BCUT2D eigenvalue weighted by molar-refractivity contribution is 5.98. The molecule has 2 aromatic carbocycles. The number of fused-ring (bicyclic) bond motifs is 1. The van der Waals surface area contributed by atoms with Crippen LogP contribution in [0.4, 0.5) is 0 Å². The molecule has 0 saturated heterocycles. The monoisotopic (exact) mass is 370 g/mol. The van der Waals surface area contributed by atoms with Gasteiger partial charge in [0.1, 0.15) is 12.4 Å². The summed E-state index contributed by atoms with van der Waals surface area (Å²) < 4.78 is 21.5. The van der Waals surface area contributed by atoms with Crippen LogP contribution in [0.25, 0.3) is 0 Å². The van der Waals surface area contributed by atoms with E-state index in [1.807, 2.05) is 18.2 Å². The van der Waals surface area contributed by atoms with Crippen LogP contribution < -0.4 is 14.2 Å². The third-order valence-corrected chi connectivity index (χ3v) is 4.16. The SMILES string of the molecule is COc1cccc(COC(=O)CCC(=O)c2ccc3c(c2)OCCCO3)c1. The van der Waals surface area contributed by atoms with Crippen molar-refractivity contribution in [3.63, 3.8) is 0 Å². The van der Waals surface area contributed by atoms with Crippen molar-refractivity contribution in [3.8, 4) is 17.2 Å². The zero-order valence-corrected chi connectivity index (χ0v) is 15.2. The normalized spacial score (nSPS) is 12.8. The molecule has 0 amide bonds. The van der Waals surface area contributed by atoms with E-state index in [0.717, 1.165) is 12.0 Å². The summed E-state index contributed by atoms with van der Waals surface area (Å²) in [6.07, 6.45) is 0.908. The number of esters is 1. The van der Waals surface area contributed by atoms with Gasteiger partial charge in [-0.3, -0.25) is 9.59 Å². The molecule has 142 valence electrons. The number of carbonyl (C=O) groups is 2. The highest BCUT2D eigenvalue weighted by Gasteiger charge is 2.15. The lowest BCUT2D eigenvalue weighted by atomic mass is 10.1. The molecule has 0 saturated carbocycles. The Balaban J connectivity index is 1.49. The average Bonchev–Trinajstić information content (AvgIpc) is 2.95. The number of benzene rings is 2. The Morgan fingerprint density at radius 2 is 1.81 bits per heavy atom. The lowest BCUT2D eigenvalue weighted by Crippen LogP contribution is -2.08. The van der Waals surface area contributed by atoms with E-state index in [4.69, 9.17) is 18.9 Å². The second-order valence-electron chi connectivity index (χ2n) is 6.15. The number of methoxy groups -OCH3 is 1. The van der Waals surface area contributed by atoms with Crippen LogP contribution in [0.15, 0.2) is 42.5 Å². The molecule has 1 heterocycles. The first kappa shape index (κ1) is 18.8. The number of rotatable bonds is 7. The number of hydrogen-bond donors (Lipinski definition) is 0. The first-order valence-electron chi connectivity index (χ1n) is 8.87. The standard InChI is InChI=1S/C21H22O6/c1-24-17-5-2-4-15(12-17)14-27-21(23)9-7-18(22)16-6-8-19-20(13-16)26-11-3-10-25-19/h2,4-6,8,12-13H,3,7,9-11,14H2,1H3. The highest BCUT2D eigenvalue weighted by Crippen LogP contribution is 2.30. The first-order chi connectivity index (χ1) is 13.2. The third-order valence-electron chi connectivity index (χ3n) is 4.16. The molecule has 0 aromatic heterocycles. The Labute approximate surface area is 158 Å². The molecule has 6 nitrogen and oxygen atoms in total. The summed E-state index contributed by atoms with van der Waals surface area (Å²) in [6.45, 7) is 1.30. The Morgan fingerprint density at radius 3 is 2.63 bits per heavy atom. The van der Waals surface area contributed by atoms with Gasteiger partial charge < -0.3 is 18.9 Å². The topological polar surface area (TPSA) is 71.1 Å². The van der Waals surface area contributed by atoms with Crippen LogP contribution in [0.5, 0.6) is 17.2 Å². The lowest BCUT2D eigenvalue weighted by Gasteiger charge is -2.09. The van der Waals surface area contributed by atoms with E-state index >= 15 is 0 Å². The van der Waals surface area contributed by atoms with Crippen LogP contribution in [0.2, 0.25) is 0 Å². The fourth-order valence-electron chi connectivity index (χ4n) is 2.69. The summed E-state index contributed by atoms with van der Waals surface area (Å²) in [6, 6.07) is 12.4. The minimum absolute atomic E-state index is 0.0250. The van der Waals surface area contributed by atoms with Crippen LogP contribution in [-0.4, -0.2) is 32.1 Å². The second-order valence-corrected chi connectivity index (χ2v) is 6.15. The summed E-state index contributed by atoms with van der Waals surface area (Å²) in [5.74, 6) is 1.36. The molecule has 0 atom stereocenters. The molecule has 1 aliphatic rings. The van der Waals surface area contributed by atoms with Gasteiger partial charge in [-0.1, -0.05) is 12.1 Å². The molecule has 0 aliphatic carbocycles. The Morgan fingerprint density at radius 1 is 1.00 bits per heavy atom. The van der Waals surface area contributed by atoms with E-state index < -0.39 is 5.97 Å². The minimum Gasteiger partial charge on any atom is -0.497 e. The number of ketones is 1. The van der Waals surface area contributed by atoms with E-state index in [1.165, 1.54) is 0 Å². The molecular formula is C21H22O6. The maximum Gasteiger partial charge on any atom is 0.306 e. The van der Waals surface area contributed by atoms with Crippen molar-refractivity contribution in [2.75, 3.05) is 20.3 Å². The summed E-state index contributed by atoms with van der Waals surface area (Å²) in [4.78, 5) is 24.3. The van der Waals surface area contributed by atoms with Gasteiger partial charge in [-0.05, 0) is 35.9 Å². The predicted molar refractivity (Wildman–Crippen MR) is 98.4 cm³/mol. The van der Waals surface area contributed by atoms with E-state index in [9.17, 15) is 9.59 Å². The molecule has 0 spiro atoms. The fourth-order valence-corrected chi connectivity index (χ4v) is 2.69. The maximum absolute atomic E-state index is 12.4. The molecule has 27 heavy (non-hydrogen) atoms. The van der Waals surface area contributed by atoms with Crippen molar-refractivity contribution in [2.45, 2.75) is 25.9 Å². The van der Waals surface area contributed by atoms with Gasteiger partial charge in [0.05, 0.1) is 26.7 Å². The van der Waals surface area contributed by atoms with E-state index in [0.29, 0.717) is 36.0 Å². The zero-order chi connectivity index (χ0) is 19.1. The van der Waals surface area contributed by atoms with Gasteiger partial charge in [-0.15, -0.1) is 0 Å². The van der Waals surface area contributed by atoms with Gasteiger partial charge in [0.25, 0.3) is 0 Å².